The number of fused-ring (bicyclic) bond motifs is 1. The van der Waals surface area contributed by atoms with Gasteiger partial charge in [0, 0.05) is 5.56 Å². The third-order valence-corrected chi connectivity index (χ3v) is 5.45. The maximum Gasteiger partial charge on any atom is 0.338 e. The van der Waals surface area contributed by atoms with Gasteiger partial charge < -0.3 is 4.74 Å². The number of esters is 1. The van der Waals surface area contributed by atoms with Gasteiger partial charge in [0.15, 0.2) is 6.10 Å². The number of Topliss-reactive ketones (excluding diaryl/α,β-unsaturated/α-hetero) is 1. The SMILES string of the molecule is CCC(OC(=O)c1ccc(C)c(N2C(=O)c3ccccc3C2=O)c1)C(=O)c1ccccc1. The van der Waals surface area contributed by atoms with E-state index in [9.17, 15) is 19.2 Å². The highest BCUT2D eigenvalue weighted by atomic mass is 16.5. The Hall–Kier alpha value is -4.06. The number of hydrogen-bond acceptors (Lipinski definition) is 5. The minimum atomic E-state index is -0.936. The number of rotatable bonds is 6. The highest BCUT2D eigenvalue weighted by molar-refractivity contribution is 6.34. The van der Waals surface area contributed by atoms with Crippen molar-refractivity contribution in [2.75, 3.05) is 4.90 Å². The largest absolute Gasteiger partial charge is 0.450 e. The van der Waals surface area contributed by atoms with Crippen molar-refractivity contribution in [1.29, 1.82) is 0 Å². The summed E-state index contributed by atoms with van der Waals surface area (Å²) in [7, 11) is 0. The van der Waals surface area contributed by atoms with Gasteiger partial charge in [-0.15, -0.1) is 0 Å². The first-order valence-corrected chi connectivity index (χ1v) is 10.3. The highest BCUT2D eigenvalue weighted by Crippen LogP contribution is 2.31. The van der Waals surface area contributed by atoms with E-state index in [0.29, 0.717) is 34.4 Å². The van der Waals surface area contributed by atoms with Crippen LogP contribution in [0.2, 0.25) is 0 Å². The lowest BCUT2D eigenvalue weighted by Crippen LogP contribution is -2.30. The second-order valence-electron chi connectivity index (χ2n) is 7.53. The van der Waals surface area contributed by atoms with Crippen LogP contribution in [0.3, 0.4) is 0 Å². The average molecular weight is 427 g/mol. The molecule has 2 amide bonds. The fraction of sp³-hybridized carbons (Fsp3) is 0.154. The van der Waals surface area contributed by atoms with Crippen LogP contribution >= 0.6 is 0 Å². The number of carbonyl (C=O) groups is 4. The lowest BCUT2D eigenvalue weighted by molar-refractivity contribution is 0.0277. The van der Waals surface area contributed by atoms with Gasteiger partial charge in [-0.05, 0) is 43.2 Å². The van der Waals surface area contributed by atoms with Crippen molar-refractivity contribution in [3.8, 4) is 0 Å². The highest BCUT2D eigenvalue weighted by Gasteiger charge is 2.37. The molecule has 160 valence electrons. The minimum Gasteiger partial charge on any atom is -0.450 e. The molecule has 32 heavy (non-hydrogen) atoms. The van der Waals surface area contributed by atoms with Gasteiger partial charge >= 0.3 is 5.97 Å². The van der Waals surface area contributed by atoms with Gasteiger partial charge in [0.2, 0.25) is 5.78 Å². The Kier molecular flexibility index (Phi) is 5.69. The Morgan fingerprint density at radius 1 is 0.844 bits per heavy atom. The average Bonchev–Trinajstić information content (AvgIpc) is 3.08. The third-order valence-electron chi connectivity index (χ3n) is 5.45. The lowest BCUT2D eigenvalue weighted by Gasteiger charge is -2.19. The molecule has 0 radical (unpaired) electrons. The molecule has 0 fully saturated rings. The number of ether oxygens (including phenoxy) is 1. The number of hydrogen-bond donors (Lipinski definition) is 0. The van der Waals surface area contributed by atoms with E-state index in [2.05, 4.69) is 0 Å². The monoisotopic (exact) mass is 427 g/mol. The van der Waals surface area contributed by atoms with E-state index in [-0.39, 0.29) is 11.3 Å². The van der Waals surface area contributed by atoms with Crippen LogP contribution in [0.4, 0.5) is 5.69 Å². The summed E-state index contributed by atoms with van der Waals surface area (Å²) >= 11 is 0. The molecule has 6 heteroatoms. The molecule has 1 atom stereocenters. The zero-order valence-corrected chi connectivity index (χ0v) is 17.7. The molecule has 0 aromatic heterocycles. The number of ketones is 1. The molecule has 1 unspecified atom stereocenters. The fourth-order valence-electron chi connectivity index (χ4n) is 3.69. The lowest BCUT2D eigenvalue weighted by atomic mass is 10.0. The van der Waals surface area contributed by atoms with Crippen LogP contribution in [0.25, 0.3) is 0 Å². The molecular formula is C26H21NO5. The minimum absolute atomic E-state index is 0.154. The Morgan fingerprint density at radius 3 is 2.03 bits per heavy atom. The number of anilines is 1. The van der Waals surface area contributed by atoms with E-state index in [1.165, 1.54) is 6.07 Å². The van der Waals surface area contributed by atoms with Crippen LogP contribution in [0.5, 0.6) is 0 Å². The number of carbonyl (C=O) groups excluding carboxylic acids is 4. The van der Waals surface area contributed by atoms with Gasteiger partial charge in [-0.25, -0.2) is 9.69 Å². The molecule has 0 aliphatic carbocycles. The molecule has 3 aromatic rings. The van der Waals surface area contributed by atoms with Crippen molar-refractivity contribution in [3.63, 3.8) is 0 Å². The van der Waals surface area contributed by atoms with E-state index in [0.717, 1.165) is 4.90 Å². The molecule has 0 bridgehead atoms. The number of benzene rings is 3. The van der Waals surface area contributed by atoms with Crippen molar-refractivity contribution in [2.24, 2.45) is 0 Å². The summed E-state index contributed by atoms with van der Waals surface area (Å²) in [6, 6.07) is 19.9. The summed E-state index contributed by atoms with van der Waals surface area (Å²) in [4.78, 5) is 52.3. The van der Waals surface area contributed by atoms with Crippen LogP contribution in [0.1, 0.15) is 60.3 Å². The Balaban J connectivity index is 1.60. The Labute approximate surface area is 185 Å². The zero-order valence-electron chi connectivity index (χ0n) is 17.7. The summed E-state index contributed by atoms with van der Waals surface area (Å²) in [5.41, 5.74) is 2.23. The van der Waals surface area contributed by atoms with Crippen LogP contribution in [-0.4, -0.2) is 29.7 Å². The van der Waals surface area contributed by atoms with Crippen LogP contribution in [0, 0.1) is 6.92 Å². The Bertz CT molecular complexity index is 1200. The van der Waals surface area contributed by atoms with Gasteiger partial charge in [-0.2, -0.15) is 0 Å². The number of imide groups is 1. The number of nitrogens with zero attached hydrogens (tertiary/aromatic N) is 1. The van der Waals surface area contributed by atoms with Crippen LogP contribution in [0.15, 0.2) is 72.8 Å². The molecule has 4 rings (SSSR count). The molecule has 0 saturated heterocycles. The topological polar surface area (TPSA) is 80.8 Å². The number of aryl methyl sites for hydroxylation is 1. The summed E-state index contributed by atoms with van der Waals surface area (Å²) < 4.78 is 5.50. The van der Waals surface area contributed by atoms with Gasteiger partial charge in [0.1, 0.15) is 0 Å². The predicted molar refractivity (Wildman–Crippen MR) is 119 cm³/mol. The summed E-state index contributed by atoms with van der Waals surface area (Å²) in [6.07, 6.45) is -0.620. The first-order chi connectivity index (χ1) is 15.4. The van der Waals surface area contributed by atoms with Crippen molar-refractivity contribution in [3.05, 3.63) is 101 Å². The zero-order chi connectivity index (χ0) is 22.8. The van der Waals surface area contributed by atoms with Crippen molar-refractivity contribution in [1.82, 2.24) is 0 Å². The maximum atomic E-state index is 12.9. The van der Waals surface area contributed by atoms with E-state index >= 15 is 0 Å². The normalized spacial score (nSPS) is 13.6. The molecular weight excluding hydrogens is 406 g/mol. The molecule has 3 aromatic carbocycles. The second-order valence-corrected chi connectivity index (χ2v) is 7.53. The van der Waals surface area contributed by atoms with Crippen molar-refractivity contribution < 1.29 is 23.9 Å². The standard InChI is InChI=1S/C26H21NO5/c1-3-22(23(28)17-9-5-4-6-10-17)32-26(31)18-14-13-16(2)21(15-18)27-24(29)19-11-7-8-12-20(19)25(27)30/h4-15,22H,3H2,1-2H3. The molecule has 1 aliphatic heterocycles. The summed E-state index contributed by atoms with van der Waals surface area (Å²) in [6.45, 7) is 3.51. The van der Waals surface area contributed by atoms with E-state index < -0.39 is 23.9 Å². The maximum absolute atomic E-state index is 12.9. The van der Waals surface area contributed by atoms with Gasteiger partial charge in [0.25, 0.3) is 11.8 Å². The number of amides is 2. The third kappa shape index (κ3) is 3.71. The predicted octanol–water partition coefficient (Wildman–Crippen LogP) is 4.61. The van der Waals surface area contributed by atoms with Crippen LogP contribution < -0.4 is 4.90 Å². The summed E-state index contributed by atoms with van der Waals surface area (Å²) in [5, 5.41) is 0. The molecule has 1 heterocycles. The first kappa shape index (κ1) is 21.2. The fourth-order valence-corrected chi connectivity index (χ4v) is 3.69. The quantitative estimate of drug-likeness (QED) is 0.326. The van der Waals surface area contributed by atoms with Gasteiger partial charge in [-0.1, -0.05) is 55.5 Å². The van der Waals surface area contributed by atoms with Crippen molar-refractivity contribution >= 4 is 29.3 Å². The smallest absolute Gasteiger partial charge is 0.338 e. The van der Waals surface area contributed by atoms with Gasteiger partial charge in [-0.3, -0.25) is 14.4 Å². The molecule has 0 spiro atoms. The molecule has 0 N–H and O–H groups in total. The van der Waals surface area contributed by atoms with E-state index in [1.54, 1.807) is 80.6 Å². The van der Waals surface area contributed by atoms with E-state index in [1.807, 2.05) is 0 Å². The molecule has 0 saturated carbocycles. The van der Waals surface area contributed by atoms with E-state index in [4.69, 9.17) is 4.74 Å². The van der Waals surface area contributed by atoms with Crippen molar-refractivity contribution in [2.45, 2.75) is 26.4 Å². The molecule has 1 aliphatic rings. The van der Waals surface area contributed by atoms with Crippen LogP contribution in [-0.2, 0) is 4.74 Å². The second kappa shape index (κ2) is 8.59. The van der Waals surface area contributed by atoms with Gasteiger partial charge in [0.05, 0.1) is 22.4 Å². The molecule has 6 nitrogen and oxygen atoms in total. The summed E-state index contributed by atoms with van der Waals surface area (Å²) in [5.74, 6) is -1.86. The Morgan fingerprint density at radius 2 is 1.44 bits per heavy atom. The first-order valence-electron chi connectivity index (χ1n) is 10.3.